The summed E-state index contributed by atoms with van der Waals surface area (Å²) in [6.45, 7) is 13.0. The molecular weight excluding hydrogens is 367 g/mol. The number of aryl methyl sites for hydroxylation is 1. The second kappa shape index (κ2) is 10.8. The summed E-state index contributed by atoms with van der Waals surface area (Å²) in [7, 11) is 6.14. The third-order valence-electron chi connectivity index (χ3n) is 5.55. The van der Waals surface area contributed by atoms with Crippen molar-refractivity contribution in [3.8, 4) is 0 Å². The van der Waals surface area contributed by atoms with Gasteiger partial charge in [-0.25, -0.2) is 4.79 Å². The number of carbonyl (C=O) groups excluding carboxylic acids is 1. The Balaban J connectivity index is 2.40. The molecule has 1 heterocycles. The highest BCUT2D eigenvalue weighted by Crippen LogP contribution is 2.42. The SMILES string of the molecule is [B]C(C)(C)CC(C)(C(=O)OCCCCCCn1ccc(=O)n(CC)c1=O)C(C)C. The lowest BCUT2D eigenvalue weighted by molar-refractivity contribution is -0.159. The lowest BCUT2D eigenvalue weighted by Gasteiger charge is -2.37. The Labute approximate surface area is 176 Å². The van der Waals surface area contributed by atoms with E-state index in [-0.39, 0.29) is 23.1 Å². The molecule has 0 N–H and O–H groups in total. The lowest BCUT2D eigenvalue weighted by Crippen LogP contribution is -2.38. The van der Waals surface area contributed by atoms with Crippen molar-refractivity contribution in [1.82, 2.24) is 9.13 Å². The van der Waals surface area contributed by atoms with Gasteiger partial charge in [0.1, 0.15) is 0 Å². The summed E-state index contributed by atoms with van der Waals surface area (Å²) in [6.07, 6.45) is 5.59. The molecule has 29 heavy (non-hydrogen) atoms. The third-order valence-corrected chi connectivity index (χ3v) is 5.55. The van der Waals surface area contributed by atoms with Crippen LogP contribution in [0.4, 0.5) is 0 Å². The van der Waals surface area contributed by atoms with Crippen molar-refractivity contribution in [2.45, 2.75) is 92.1 Å². The largest absolute Gasteiger partial charge is 0.465 e. The van der Waals surface area contributed by atoms with Crippen molar-refractivity contribution < 1.29 is 9.53 Å². The van der Waals surface area contributed by atoms with Crippen LogP contribution in [0.5, 0.6) is 0 Å². The van der Waals surface area contributed by atoms with Crippen LogP contribution in [-0.4, -0.2) is 29.6 Å². The molecule has 0 fully saturated rings. The first-order valence-corrected chi connectivity index (χ1v) is 10.7. The number of rotatable bonds is 12. The first-order chi connectivity index (χ1) is 13.4. The molecule has 0 bridgehead atoms. The molecule has 0 amide bonds. The first kappa shape index (κ1) is 25.3. The van der Waals surface area contributed by atoms with Crippen molar-refractivity contribution in [3.05, 3.63) is 33.1 Å². The molecule has 0 aliphatic rings. The number of hydrogen-bond acceptors (Lipinski definition) is 4. The van der Waals surface area contributed by atoms with E-state index in [0.29, 0.717) is 26.1 Å². The highest BCUT2D eigenvalue weighted by atomic mass is 16.5. The van der Waals surface area contributed by atoms with Gasteiger partial charge in [-0.15, -0.1) is 0 Å². The minimum absolute atomic E-state index is 0.141. The number of ether oxygens (including phenoxy) is 1. The molecule has 1 rings (SSSR count). The van der Waals surface area contributed by atoms with E-state index in [0.717, 1.165) is 25.7 Å². The minimum Gasteiger partial charge on any atom is -0.465 e. The summed E-state index contributed by atoms with van der Waals surface area (Å²) in [4.78, 5) is 36.4. The fourth-order valence-corrected chi connectivity index (χ4v) is 3.54. The van der Waals surface area contributed by atoms with Crippen LogP contribution in [0, 0.1) is 11.3 Å². The van der Waals surface area contributed by atoms with Crippen molar-refractivity contribution in [3.63, 3.8) is 0 Å². The molecule has 1 unspecified atom stereocenters. The van der Waals surface area contributed by atoms with E-state index in [2.05, 4.69) is 0 Å². The van der Waals surface area contributed by atoms with E-state index in [4.69, 9.17) is 12.6 Å². The number of unbranched alkanes of at least 4 members (excludes halogenated alkanes) is 3. The molecule has 162 valence electrons. The molecule has 0 aliphatic carbocycles. The van der Waals surface area contributed by atoms with Gasteiger partial charge in [-0.3, -0.25) is 14.2 Å². The quantitative estimate of drug-likeness (QED) is 0.304. The average Bonchev–Trinajstić information content (AvgIpc) is 2.61. The van der Waals surface area contributed by atoms with Gasteiger partial charge in [0.25, 0.3) is 5.56 Å². The number of aromatic nitrogens is 2. The van der Waals surface area contributed by atoms with Gasteiger partial charge in [-0.2, -0.15) is 0 Å². The van der Waals surface area contributed by atoms with Gasteiger partial charge in [-0.1, -0.05) is 39.4 Å². The Morgan fingerprint density at radius 1 is 1.14 bits per heavy atom. The van der Waals surface area contributed by atoms with Gasteiger partial charge < -0.3 is 9.30 Å². The molecule has 0 aliphatic heterocycles. The number of esters is 1. The molecule has 0 saturated carbocycles. The number of nitrogens with zero attached hydrogens (tertiary/aromatic N) is 2. The average molecular weight is 404 g/mol. The monoisotopic (exact) mass is 404 g/mol. The fraction of sp³-hybridized carbons (Fsp3) is 0.773. The molecule has 0 saturated heterocycles. The number of hydrogen-bond donors (Lipinski definition) is 0. The van der Waals surface area contributed by atoms with E-state index < -0.39 is 10.7 Å². The van der Waals surface area contributed by atoms with Crippen LogP contribution in [0.1, 0.15) is 73.6 Å². The van der Waals surface area contributed by atoms with Gasteiger partial charge in [0.15, 0.2) is 0 Å². The van der Waals surface area contributed by atoms with Crippen LogP contribution in [0.2, 0.25) is 5.31 Å². The van der Waals surface area contributed by atoms with E-state index in [1.54, 1.807) is 17.7 Å². The van der Waals surface area contributed by atoms with Crippen LogP contribution in [0.3, 0.4) is 0 Å². The van der Waals surface area contributed by atoms with Crippen molar-refractivity contribution in [1.29, 1.82) is 0 Å². The lowest BCUT2D eigenvalue weighted by atomic mass is 9.60. The highest BCUT2D eigenvalue weighted by Gasteiger charge is 2.40. The van der Waals surface area contributed by atoms with Crippen molar-refractivity contribution in [2.24, 2.45) is 11.3 Å². The van der Waals surface area contributed by atoms with Crippen LogP contribution in [-0.2, 0) is 22.6 Å². The summed E-state index contributed by atoms with van der Waals surface area (Å²) in [6, 6.07) is 1.43. The molecular formula is C22H37BN2O4. The highest BCUT2D eigenvalue weighted by molar-refractivity contribution is 6.14. The Hall–Kier alpha value is -1.79. The molecule has 1 atom stereocenters. The smallest absolute Gasteiger partial charge is 0.330 e. The molecule has 0 aromatic carbocycles. The molecule has 7 heteroatoms. The summed E-state index contributed by atoms with van der Waals surface area (Å²) >= 11 is 0. The zero-order chi connectivity index (χ0) is 22.2. The molecule has 2 radical (unpaired) electrons. The zero-order valence-electron chi connectivity index (χ0n) is 19.0. The Morgan fingerprint density at radius 3 is 2.31 bits per heavy atom. The Kier molecular flexibility index (Phi) is 9.44. The Bertz CT molecular complexity index is 776. The van der Waals surface area contributed by atoms with Gasteiger partial charge >= 0.3 is 11.7 Å². The van der Waals surface area contributed by atoms with E-state index in [1.807, 2.05) is 34.6 Å². The Morgan fingerprint density at radius 2 is 1.76 bits per heavy atom. The fourth-order valence-electron chi connectivity index (χ4n) is 3.54. The maximum absolute atomic E-state index is 12.6. The van der Waals surface area contributed by atoms with Gasteiger partial charge in [0.05, 0.1) is 19.9 Å². The van der Waals surface area contributed by atoms with Crippen molar-refractivity contribution >= 4 is 13.8 Å². The summed E-state index contributed by atoms with van der Waals surface area (Å²) in [5.41, 5.74) is -1.12. The normalized spacial score (nSPS) is 14.0. The summed E-state index contributed by atoms with van der Waals surface area (Å²) in [5, 5.41) is -0.434. The maximum Gasteiger partial charge on any atom is 0.330 e. The van der Waals surface area contributed by atoms with Crippen molar-refractivity contribution in [2.75, 3.05) is 6.61 Å². The maximum atomic E-state index is 12.6. The standard InChI is InChI=1S/C22H37BN2O4/c1-7-25-18(26)12-14-24(20(25)28)13-10-8-9-11-15-29-19(27)22(6,17(2)3)16-21(4,5)23/h12,14,17H,7-11,13,15-16H2,1-6H3. The third kappa shape index (κ3) is 7.52. The van der Waals surface area contributed by atoms with E-state index in [1.165, 1.54) is 10.6 Å². The summed E-state index contributed by atoms with van der Waals surface area (Å²) in [5.74, 6) is -0.0399. The molecule has 0 spiro atoms. The summed E-state index contributed by atoms with van der Waals surface area (Å²) < 4.78 is 8.36. The van der Waals surface area contributed by atoms with Gasteiger partial charge in [0.2, 0.25) is 0 Å². The van der Waals surface area contributed by atoms with Crippen LogP contribution < -0.4 is 11.2 Å². The van der Waals surface area contributed by atoms with Gasteiger partial charge in [-0.05, 0) is 45.4 Å². The first-order valence-electron chi connectivity index (χ1n) is 10.7. The topological polar surface area (TPSA) is 70.3 Å². The molecule has 6 nitrogen and oxygen atoms in total. The zero-order valence-corrected chi connectivity index (χ0v) is 19.0. The molecule has 1 aromatic rings. The predicted octanol–water partition coefficient (Wildman–Crippen LogP) is 3.55. The second-order valence-corrected chi connectivity index (χ2v) is 9.16. The molecule has 1 aromatic heterocycles. The van der Waals surface area contributed by atoms with Crippen LogP contribution in [0.15, 0.2) is 21.9 Å². The minimum atomic E-state index is -0.595. The number of carbonyl (C=O) groups is 1. The van der Waals surface area contributed by atoms with E-state index >= 15 is 0 Å². The van der Waals surface area contributed by atoms with Crippen LogP contribution in [0.25, 0.3) is 0 Å². The van der Waals surface area contributed by atoms with Crippen LogP contribution >= 0.6 is 0 Å². The predicted molar refractivity (Wildman–Crippen MR) is 117 cm³/mol. The van der Waals surface area contributed by atoms with Gasteiger partial charge in [0, 0.05) is 25.4 Å². The van der Waals surface area contributed by atoms with E-state index in [9.17, 15) is 14.4 Å². The second-order valence-electron chi connectivity index (χ2n) is 9.16.